The van der Waals surface area contributed by atoms with Gasteiger partial charge in [-0.05, 0) is 137 Å². The van der Waals surface area contributed by atoms with Gasteiger partial charge in [0.1, 0.15) is 0 Å². The maximum absolute atomic E-state index is 5.33. The van der Waals surface area contributed by atoms with Gasteiger partial charge in [-0.2, -0.15) is 0 Å². The van der Waals surface area contributed by atoms with Crippen LogP contribution in [0.1, 0.15) is 43.2 Å². The first-order valence-electron chi connectivity index (χ1n) is 28.8. The number of aromatic nitrogens is 6. The number of benzene rings is 9. The van der Waals surface area contributed by atoms with Crippen LogP contribution in [-0.2, 0) is 5.41 Å². The summed E-state index contributed by atoms with van der Waals surface area (Å²) in [4.78, 5) is 31.1. The van der Waals surface area contributed by atoms with Gasteiger partial charge in [0.2, 0.25) is 0 Å². The van der Waals surface area contributed by atoms with E-state index in [9.17, 15) is 0 Å². The van der Waals surface area contributed by atoms with E-state index in [1.165, 1.54) is 96.4 Å². The highest BCUT2D eigenvalue weighted by Crippen LogP contribution is 2.70. The molecule has 0 amide bonds. The summed E-state index contributed by atoms with van der Waals surface area (Å²) in [6.07, 6.45) is 6.60. The van der Waals surface area contributed by atoms with Crippen LogP contribution < -0.4 is 5.19 Å². The van der Waals surface area contributed by atoms with Crippen molar-refractivity contribution < 1.29 is 0 Å². The van der Waals surface area contributed by atoms with E-state index in [2.05, 4.69) is 183 Å². The summed E-state index contributed by atoms with van der Waals surface area (Å²) < 4.78 is 2.53. The van der Waals surface area contributed by atoms with Gasteiger partial charge in [-0.25, -0.2) is 29.9 Å². The third-order valence-corrected chi connectivity index (χ3v) is 21.7. The Labute approximate surface area is 477 Å². The monoisotopic (exact) mass is 1080 g/mol. The highest BCUT2D eigenvalue weighted by atomic mass is 32.1. The Morgan fingerprint density at radius 1 is 0.346 bits per heavy atom. The molecule has 4 bridgehead atoms. The zero-order valence-corrected chi connectivity index (χ0v) is 47.5. The van der Waals surface area contributed by atoms with Crippen LogP contribution in [0.3, 0.4) is 0 Å². The third-order valence-electron chi connectivity index (χ3n) is 18.5. The van der Waals surface area contributed by atoms with Crippen LogP contribution in [0.25, 0.3) is 122 Å². The summed E-state index contributed by atoms with van der Waals surface area (Å²) in [5.74, 6) is 6.85. The molecule has 5 aliphatic rings. The first kappa shape index (κ1) is 48.4. The molecule has 0 radical (unpaired) electrons. The second-order valence-corrected chi connectivity index (χ2v) is 30.4. The molecule has 4 fully saturated rings. The lowest BCUT2D eigenvalue weighted by atomic mass is 9.43. The highest BCUT2D eigenvalue weighted by molar-refractivity contribution is 7.26. The molecule has 0 atom stereocenters. The van der Waals surface area contributed by atoms with Crippen molar-refractivity contribution >= 4 is 44.8 Å². The first-order valence-corrected chi connectivity index (χ1v) is 33.2. The van der Waals surface area contributed by atoms with Crippen molar-refractivity contribution in [2.24, 2.45) is 23.7 Å². The van der Waals surface area contributed by atoms with Crippen molar-refractivity contribution in [3.8, 4) is 102 Å². The molecule has 3 heterocycles. The van der Waals surface area contributed by atoms with E-state index in [4.69, 9.17) is 29.9 Å². The average Bonchev–Trinajstić information content (AvgIpc) is 1.88. The first-order chi connectivity index (χ1) is 39.7. The maximum Gasteiger partial charge on any atom is 0.164 e. The highest BCUT2D eigenvalue weighted by Gasteiger charge is 2.61. The molecule has 9 aromatic carbocycles. The Kier molecular flexibility index (Phi) is 11.2. The van der Waals surface area contributed by atoms with Crippen LogP contribution in [0, 0.1) is 23.7 Å². The Morgan fingerprint density at radius 2 is 0.790 bits per heavy atom. The minimum atomic E-state index is -1.76. The molecule has 8 heteroatoms. The van der Waals surface area contributed by atoms with Gasteiger partial charge in [-0.1, -0.05) is 201 Å². The summed E-state index contributed by atoms with van der Waals surface area (Å²) in [5.41, 5.74) is 16.7. The molecule has 0 saturated heterocycles. The van der Waals surface area contributed by atoms with Gasteiger partial charge in [0, 0.05) is 59.0 Å². The van der Waals surface area contributed by atoms with Crippen molar-refractivity contribution in [3.63, 3.8) is 0 Å². The van der Waals surface area contributed by atoms with Crippen LogP contribution in [0.15, 0.2) is 212 Å². The van der Waals surface area contributed by atoms with E-state index in [-0.39, 0.29) is 5.41 Å². The van der Waals surface area contributed by atoms with Crippen LogP contribution in [-0.4, -0.2) is 38.0 Å². The molecular weight excluding hydrogens is 1020 g/mol. The molecule has 0 N–H and O–H groups in total. The number of rotatable bonds is 9. The quantitative estimate of drug-likeness (QED) is 0.134. The van der Waals surface area contributed by atoms with Gasteiger partial charge in [0.15, 0.2) is 34.9 Å². The minimum Gasteiger partial charge on any atom is -0.208 e. The number of fused-ring (bicyclic) bond motifs is 6. The van der Waals surface area contributed by atoms with Crippen molar-refractivity contribution in [2.45, 2.75) is 57.2 Å². The Morgan fingerprint density at radius 3 is 1.28 bits per heavy atom. The molecular formula is C73H58N6SSi. The van der Waals surface area contributed by atoms with Crippen molar-refractivity contribution in [1.29, 1.82) is 0 Å². The van der Waals surface area contributed by atoms with Gasteiger partial charge in [0.05, 0.1) is 8.07 Å². The Balaban J connectivity index is 0.855. The maximum atomic E-state index is 5.33. The lowest BCUT2D eigenvalue weighted by Gasteiger charge is -2.61. The minimum absolute atomic E-state index is 0.0852. The molecule has 6 nitrogen and oxygen atoms in total. The average molecular weight is 1080 g/mol. The lowest BCUT2D eigenvalue weighted by molar-refractivity contribution is -0.0399. The molecule has 0 unspecified atom stereocenters. The van der Waals surface area contributed by atoms with Crippen LogP contribution in [0.5, 0.6) is 0 Å². The zero-order valence-electron chi connectivity index (χ0n) is 45.6. The fourth-order valence-corrected chi connectivity index (χ4v) is 17.3. The predicted octanol–water partition coefficient (Wildman–Crippen LogP) is 18.0. The van der Waals surface area contributed by atoms with Crippen molar-refractivity contribution in [2.75, 3.05) is 0 Å². The predicted molar refractivity (Wildman–Crippen MR) is 336 cm³/mol. The van der Waals surface area contributed by atoms with E-state index < -0.39 is 8.07 Å². The van der Waals surface area contributed by atoms with Crippen LogP contribution >= 0.6 is 11.3 Å². The van der Waals surface area contributed by atoms with E-state index in [0.29, 0.717) is 46.8 Å². The second kappa shape index (κ2) is 18.8. The molecule has 17 rings (SSSR count). The molecule has 1 spiro atoms. The van der Waals surface area contributed by atoms with Gasteiger partial charge >= 0.3 is 0 Å². The number of thiophene rings is 1. The molecule has 5 aliphatic carbocycles. The van der Waals surface area contributed by atoms with Crippen molar-refractivity contribution in [3.05, 3.63) is 223 Å². The lowest BCUT2D eigenvalue weighted by Crippen LogP contribution is -2.55. The molecule has 3 aromatic heterocycles. The van der Waals surface area contributed by atoms with Crippen LogP contribution in [0.4, 0.5) is 0 Å². The van der Waals surface area contributed by atoms with Gasteiger partial charge in [0.25, 0.3) is 0 Å². The summed E-state index contributed by atoms with van der Waals surface area (Å²) >= 11 is 1.87. The summed E-state index contributed by atoms with van der Waals surface area (Å²) in [7, 11) is -1.76. The molecule has 390 valence electrons. The molecule has 12 aromatic rings. The largest absolute Gasteiger partial charge is 0.208 e. The Hall–Kier alpha value is -8.56. The van der Waals surface area contributed by atoms with E-state index in [1.807, 2.05) is 59.9 Å². The second-order valence-electron chi connectivity index (χ2n) is 24.3. The summed E-state index contributed by atoms with van der Waals surface area (Å²) in [6.45, 7) is 7.35. The SMILES string of the molecule is C[Si](C)(C)c1ccc(-c2nc(-c3ccccc3)nc(-c3ccccc3)n2)c(-c2ccc3c(c2)C2(c4cc(-c5cccc6sc7ccc(-c8nc(-c9ccccc9)nc(-c9ccccc9)n8)cc7c56)ccc4-3)C3CC4CC(C3)CC2C4)c1. The van der Waals surface area contributed by atoms with Gasteiger partial charge < -0.3 is 0 Å². The van der Waals surface area contributed by atoms with Gasteiger partial charge in [-0.15, -0.1) is 11.3 Å². The topological polar surface area (TPSA) is 77.3 Å². The Bertz CT molecular complexity index is 4310. The molecule has 81 heavy (non-hydrogen) atoms. The van der Waals surface area contributed by atoms with E-state index >= 15 is 0 Å². The zero-order chi connectivity index (χ0) is 54.0. The molecule has 4 saturated carbocycles. The molecule has 0 aliphatic heterocycles. The third kappa shape index (κ3) is 8.00. The van der Waals surface area contributed by atoms with Crippen LogP contribution in [0.2, 0.25) is 19.6 Å². The summed E-state index contributed by atoms with van der Waals surface area (Å²) in [5, 5.41) is 3.94. The fraction of sp³-hybridized carbons (Fsp3) is 0.178. The number of nitrogens with zero attached hydrogens (tertiary/aromatic N) is 6. The van der Waals surface area contributed by atoms with Crippen molar-refractivity contribution in [1.82, 2.24) is 29.9 Å². The van der Waals surface area contributed by atoms with E-state index in [1.54, 1.807) is 5.56 Å². The van der Waals surface area contributed by atoms with E-state index in [0.717, 1.165) is 45.2 Å². The fourth-order valence-electron chi connectivity index (χ4n) is 15.0. The smallest absolute Gasteiger partial charge is 0.164 e. The normalized spacial score (nSPS) is 19.6. The number of hydrogen-bond donors (Lipinski definition) is 0. The van der Waals surface area contributed by atoms with Gasteiger partial charge in [-0.3, -0.25) is 0 Å². The summed E-state index contributed by atoms with van der Waals surface area (Å²) in [6, 6.07) is 77.1. The standard InChI is InChI=1S/C73H58N6SSi/c1-81(2,3)55-30-33-59(72-78-69(48-21-12-6-13-22-48)75-70(79-72)49-23-14-7-15-24-49)60(43-55)51-28-32-58-57-31-27-50(41-62(57)73(63(58)42-51)53-36-44-35-45(38-53)39-54(73)37-44)56-25-16-26-65-66(56)61-40-52(29-34-64(61)80-65)71-76-67(46-17-8-4-9-18-46)74-68(77-71)47-19-10-5-11-20-47/h4-34,40-45,53-54H,35-39H2,1-3H3. The number of hydrogen-bond acceptors (Lipinski definition) is 7.